The fourth-order valence-corrected chi connectivity index (χ4v) is 7.68. The van der Waals surface area contributed by atoms with E-state index in [1.165, 1.54) is 145 Å². The van der Waals surface area contributed by atoms with E-state index in [1.807, 2.05) is 24.3 Å². The second-order valence-corrected chi connectivity index (χ2v) is 14.0. The largest absolute Gasteiger partial charge is 0.508 e. The Hall–Kier alpha value is -1.65. The van der Waals surface area contributed by atoms with Crippen LogP contribution in [0.4, 0.5) is 0 Å². The third-order valence-electron chi connectivity index (χ3n) is 9.34. The normalized spacial score (nSPS) is 16.2. The molecule has 42 heavy (non-hydrogen) atoms. The molecule has 0 bridgehead atoms. The Morgan fingerprint density at radius 1 is 0.548 bits per heavy atom. The van der Waals surface area contributed by atoms with Gasteiger partial charge in [0.2, 0.25) is 0 Å². The zero-order chi connectivity index (χ0) is 29.8. The molecule has 0 radical (unpaired) electrons. The van der Waals surface area contributed by atoms with Gasteiger partial charge in [0.25, 0.3) is 0 Å². The lowest BCUT2D eigenvalue weighted by molar-refractivity contribution is 0.282. The van der Waals surface area contributed by atoms with Gasteiger partial charge in [0.05, 0.1) is 0 Å². The van der Waals surface area contributed by atoms with Crippen LogP contribution in [0.25, 0.3) is 0 Å². The number of hydrogen-bond acceptors (Lipinski definition) is 4. The number of aliphatic hydroxyl groups excluding tert-OH is 1. The van der Waals surface area contributed by atoms with E-state index in [0.717, 1.165) is 17.5 Å². The standard InChI is InChI=1S/C24H30O2S.C14H30O/c25-23-13-11-19(15-21(23)17-7-3-1-4-8-17)27-20-12-14-24(26)22(16-20)18-9-5-2-6-10-18;1-2-3-4-5-6-7-8-9-10-11-12-13-14-15/h11-18,25-26H,1-10H2;15H,2-14H2,1H3. The second kappa shape index (κ2) is 21.1. The minimum Gasteiger partial charge on any atom is -0.508 e. The van der Waals surface area contributed by atoms with Crippen molar-refractivity contribution in [1.82, 2.24) is 0 Å². The molecule has 0 spiro atoms. The van der Waals surface area contributed by atoms with E-state index in [4.69, 9.17) is 5.11 Å². The summed E-state index contributed by atoms with van der Waals surface area (Å²) in [5, 5.41) is 29.3. The van der Waals surface area contributed by atoms with Crippen molar-refractivity contribution in [1.29, 1.82) is 0 Å². The summed E-state index contributed by atoms with van der Waals surface area (Å²) >= 11 is 1.74. The number of benzene rings is 2. The van der Waals surface area contributed by atoms with Gasteiger partial charge in [-0.2, -0.15) is 0 Å². The van der Waals surface area contributed by atoms with Crippen LogP contribution in [0.1, 0.15) is 171 Å². The van der Waals surface area contributed by atoms with Crippen LogP contribution in [-0.4, -0.2) is 21.9 Å². The Balaban J connectivity index is 0.000000277. The summed E-state index contributed by atoms with van der Waals surface area (Å²) in [6.45, 7) is 2.64. The molecular formula is C38H60O3S. The van der Waals surface area contributed by atoms with Gasteiger partial charge in [0, 0.05) is 16.4 Å². The Labute approximate surface area is 261 Å². The van der Waals surface area contributed by atoms with Crippen LogP contribution in [0, 0.1) is 0 Å². The van der Waals surface area contributed by atoms with Gasteiger partial charge in [0.1, 0.15) is 11.5 Å². The third-order valence-corrected chi connectivity index (χ3v) is 10.3. The smallest absolute Gasteiger partial charge is 0.119 e. The van der Waals surface area contributed by atoms with Gasteiger partial charge >= 0.3 is 0 Å². The molecule has 0 atom stereocenters. The molecule has 236 valence electrons. The summed E-state index contributed by atoms with van der Waals surface area (Å²) in [4.78, 5) is 2.35. The van der Waals surface area contributed by atoms with Crippen LogP contribution >= 0.6 is 11.8 Å². The number of phenols is 2. The van der Waals surface area contributed by atoms with Gasteiger partial charge < -0.3 is 15.3 Å². The molecule has 0 heterocycles. The van der Waals surface area contributed by atoms with Crippen molar-refractivity contribution < 1.29 is 15.3 Å². The number of aromatic hydroxyl groups is 2. The third kappa shape index (κ3) is 12.9. The molecule has 3 nitrogen and oxygen atoms in total. The number of rotatable bonds is 16. The van der Waals surface area contributed by atoms with Crippen LogP contribution in [0.2, 0.25) is 0 Å². The molecule has 2 saturated carbocycles. The lowest BCUT2D eigenvalue weighted by Crippen LogP contribution is -2.05. The van der Waals surface area contributed by atoms with Crippen molar-refractivity contribution in [2.45, 2.75) is 170 Å². The van der Waals surface area contributed by atoms with Gasteiger partial charge in [0.15, 0.2) is 0 Å². The molecule has 2 aromatic rings. The number of hydrogen-bond donors (Lipinski definition) is 3. The van der Waals surface area contributed by atoms with Crippen LogP contribution < -0.4 is 0 Å². The van der Waals surface area contributed by atoms with Crippen LogP contribution in [0.15, 0.2) is 46.2 Å². The zero-order valence-electron chi connectivity index (χ0n) is 26.6. The topological polar surface area (TPSA) is 60.7 Å². The molecule has 3 N–H and O–H groups in total. The van der Waals surface area contributed by atoms with Gasteiger partial charge in [-0.05, 0) is 91.5 Å². The summed E-state index contributed by atoms with van der Waals surface area (Å²) in [6, 6.07) is 12.1. The highest BCUT2D eigenvalue weighted by Crippen LogP contribution is 2.42. The molecule has 0 aliphatic heterocycles. The highest BCUT2D eigenvalue weighted by atomic mass is 32.2. The highest BCUT2D eigenvalue weighted by molar-refractivity contribution is 7.99. The first kappa shape index (κ1) is 34.8. The van der Waals surface area contributed by atoms with Crippen molar-refractivity contribution in [3.63, 3.8) is 0 Å². The molecule has 2 fully saturated rings. The molecule has 0 aromatic heterocycles. The second-order valence-electron chi connectivity index (χ2n) is 12.8. The number of aliphatic hydroxyl groups is 1. The lowest BCUT2D eigenvalue weighted by atomic mass is 9.84. The Kier molecular flexibility index (Phi) is 17.5. The molecule has 0 amide bonds. The Morgan fingerprint density at radius 2 is 0.929 bits per heavy atom. The lowest BCUT2D eigenvalue weighted by Gasteiger charge is -2.24. The summed E-state index contributed by atoms with van der Waals surface area (Å²) in [7, 11) is 0. The summed E-state index contributed by atoms with van der Waals surface area (Å²) < 4.78 is 0. The molecule has 0 saturated heterocycles. The first-order valence-electron chi connectivity index (χ1n) is 17.6. The van der Waals surface area contributed by atoms with Crippen molar-refractivity contribution >= 4 is 11.8 Å². The van der Waals surface area contributed by atoms with Crippen molar-refractivity contribution in [3.05, 3.63) is 47.5 Å². The number of unbranched alkanes of at least 4 members (excludes halogenated alkanes) is 11. The van der Waals surface area contributed by atoms with E-state index in [-0.39, 0.29) is 0 Å². The minimum atomic E-state index is 0.372. The van der Waals surface area contributed by atoms with Crippen molar-refractivity contribution in [2.24, 2.45) is 0 Å². The maximum Gasteiger partial charge on any atom is 0.119 e. The maximum absolute atomic E-state index is 10.4. The highest BCUT2D eigenvalue weighted by Gasteiger charge is 2.21. The number of phenolic OH excluding ortho intramolecular Hbond substituents is 2. The van der Waals surface area contributed by atoms with E-state index in [2.05, 4.69) is 19.1 Å². The Bertz CT molecular complexity index is 901. The average Bonchev–Trinajstić information content (AvgIpc) is 3.03. The average molecular weight is 597 g/mol. The molecule has 2 aromatic carbocycles. The van der Waals surface area contributed by atoms with E-state index in [1.54, 1.807) is 11.8 Å². The first-order valence-corrected chi connectivity index (χ1v) is 18.4. The fraction of sp³-hybridized carbons (Fsp3) is 0.684. The van der Waals surface area contributed by atoms with Crippen molar-refractivity contribution in [2.75, 3.05) is 6.61 Å². The van der Waals surface area contributed by atoms with Gasteiger partial charge in [-0.25, -0.2) is 0 Å². The summed E-state index contributed by atoms with van der Waals surface area (Å²) in [6.07, 6.45) is 28.7. The van der Waals surface area contributed by atoms with E-state index in [9.17, 15) is 10.2 Å². The molecule has 4 heteroatoms. The minimum absolute atomic E-state index is 0.372. The predicted molar refractivity (Wildman–Crippen MR) is 180 cm³/mol. The summed E-state index contributed by atoms with van der Waals surface area (Å²) in [5.74, 6) is 1.88. The maximum atomic E-state index is 10.4. The fourth-order valence-electron chi connectivity index (χ4n) is 6.76. The molecule has 4 rings (SSSR count). The van der Waals surface area contributed by atoms with Gasteiger partial charge in [-0.1, -0.05) is 128 Å². The van der Waals surface area contributed by atoms with E-state index < -0.39 is 0 Å². The van der Waals surface area contributed by atoms with Crippen LogP contribution in [-0.2, 0) is 0 Å². The quantitative estimate of drug-likeness (QED) is 0.169. The first-order chi connectivity index (χ1) is 20.6. The van der Waals surface area contributed by atoms with Crippen LogP contribution in [0.5, 0.6) is 11.5 Å². The van der Waals surface area contributed by atoms with E-state index in [0.29, 0.717) is 29.9 Å². The predicted octanol–water partition coefficient (Wildman–Crippen LogP) is 12.0. The van der Waals surface area contributed by atoms with Gasteiger partial charge in [-0.3, -0.25) is 0 Å². The molecule has 2 aliphatic carbocycles. The molecule has 2 aliphatic rings. The Morgan fingerprint density at radius 3 is 1.31 bits per heavy atom. The SMILES string of the molecule is CCCCCCCCCCCCCCO.Oc1ccc(Sc2ccc(O)c(C3CCCCC3)c2)cc1C1CCCCC1. The molecular weight excluding hydrogens is 536 g/mol. The van der Waals surface area contributed by atoms with Crippen molar-refractivity contribution in [3.8, 4) is 11.5 Å². The summed E-state index contributed by atoms with van der Waals surface area (Å²) in [5.41, 5.74) is 2.23. The zero-order valence-corrected chi connectivity index (χ0v) is 27.4. The van der Waals surface area contributed by atoms with Gasteiger partial charge in [-0.15, -0.1) is 0 Å². The monoisotopic (exact) mass is 596 g/mol. The van der Waals surface area contributed by atoms with Crippen LogP contribution in [0.3, 0.4) is 0 Å². The van der Waals surface area contributed by atoms with E-state index >= 15 is 0 Å². The molecule has 0 unspecified atom stereocenters.